The van der Waals surface area contributed by atoms with E-state index in [0.717, 1.165) is 11.1 Å². The molecule has 0 aromatic heterocycles. The van der Waals surface area contributed by atoms with Crippen LogP contribution in [0.3, 0.4) is 0 Å². The van der Waals surface area contributed by atoms with Gasteiger partial charge in [0.15, 0.2) is 0 Å². The minimum atomic E-state index is -0.604. The van der Waals surface area contributed by atoms with E-state index in [1.807, 2.05) is 39.0 Å². The summed E-state index contributed by atoms with van der Waals surface area (Å²) in [7, 11) is 0. The van der Waals surface area contributed by atoms with Crippen LogP contribution in [-0.2, 0) is 9.59 Å². The first-order valence-corrected chi connectivity index (χ1v) is 8.41. The summed E-state index contributed by atoms with van der Waals surface area (Å²) in [5, 5.41) is 5.64. The Balaban J connectivity index is 2.75. The maximum absolute atomic E-state index is 12.3. The minimum Gasteiger partial charge on any atom is -0.347 e. The Morgan fingerprint density at radius 1 is 1.21 bits per heavy atom. The van der Waals surface area contributed by atoms with Crippen molar-refractivity contribution < 1.29 is 9.59 Å². The van der Waals surface area contributed by atoms with Crippen LogP contribution in [0.25, 0.3) is 0 Å². The molecule has 0 fully saturated rings. The molecular formula is C19H31N3O2. The Morgan fingerprint density at radius 2 is 1.83 bits per heavy atom. The molecule has 4 N–H and O–H groups in total. The molecule has 2 amide bonds. The van der Waals surface area contributed by atoms with Crippen molar-refractivity contribution in [2.45, 2.75) is 53.6 Å². The summed E-state index contributed by atoms with van der Waals surface area (Å²) in [6, 6.07) is 7.35. The summed E-state index contributed by atoms with van der Waals surface area (Å²) in [6.07, 6.45) is 0. The predicted octanol–water partition coefficient (Wildman–Crippen LogP) is 2.30. The molecule has 5 nitrogen and oxygen atoms in total. The van der Waals surface area contributed by atoms with Gasteiger partial charge in [-0.15, -0.1) is 0 Å². The Labute approximate surface area is 145 Å². The number of rotatable bonds is 6. The van der Waals surface area contributed by atoms with Crippen LogP contribution >= 0.6 is 0 Å². The van der Waals surface area contributed by atoms with Crippen molar-refractivity contribution >= 4 is 11.8 Å². The van der Waals surface area contributed by atoms with Crippen LogP contribution in [0.5, 0.6) is 0 Å². The average molecular weight is 333 g/mol. The third kappa shape index (κ3) is 5.96. The van der Waals surface area contributed by atoms with Gasteiger partial charge in [-0.3, -0.25) is 9.59 Å². The van der Waals surface area contributed by atoms with E-state index in [9.17, 15) is 9.59 Å². The number of benzene rings is 1. The van der Waals surface area contributed by atoms with Crippen LogP contribution in [-0.4, -0.2) is 24.4 Å². The maximum atomic E-state index is 12.3. The number of hydrogen-bond donors (Lipinski definition) is 3. The topological polar surface area (TPSA) is 84.2 Å². The molecule has 1 aromatic carbocycles. The van der Waals surface area contributed by atoms with Crippen LogP contribution in [0.1, 0.15) is 51.8 Å². The summed E-state index contributed by atoms with van der Waals surface area (Å²) in [5.41, 5.74) is 7.83. The van der Waals surface area contributed by atoms with Gasteiger partial charge in [0.2, 0.25) is 11.8 Å². The standard InChI is InChI=1S/C19H31N3O2/c1-12(2)16(20)18(24)21-11-15(23)22-17(19(4,5)6)14-9-7-8-13(3)10-14/h7-10,12,16-17H,11,20H2,1-6H3,(H,21,24)(H,22,23)/t16-,17?/m0/s1. The Bertz CT molecular complexity index is 576. The van der Waals surface area contributed by atoms with E-state index in [2.05, 4.69) is 37.5 Å². The molecule has 0 radical (unpaired) electrons. The van der Waals surface area contributed by atoms with E-state index in [0.29, 0.717) is 0 Å². The highest BCUT2D eigenvalue weighted by molar-refractivity contribution is 5.87. The fraction of sp³-hybridized carbons (Fsp3) is 0.579. The van der Waals surface area contributed by atoms with Crippen LogP contribution in [0.2, 0.25) is 0 Å². The number of hydrogen-bond acceptors (Lipinski definition) is 3. The molecule has 5 heteroatoms. The second-order valence-corrected chi connectivity index (χ2v) is 7.77. The summed E-state index contributed by atoms with van der Waals surface area (Å²) in [5.74, 6) is -0.494. The zero-order chi connectivity index (χ0) is 18.5. The highest BCUT2D eigenvalue weighted by atomic mass is 16.2. The second-order valence-electron chi connectivity index (χ2n) is 7.77. The number of amides is 2. The normalized spacial score (nSPS) is 14.2. The Kier molecular flexibility index (Phi) is 6.96. The number of carbonyl (C=O) groups is 2. The Hall–Kier alpha value is -1.88. The fourth-order valence-corrected chi connectivity index (χ4v) is 2.45. The van der Waals surface area contributed by atoms with Gasteiger partial charge in [-0.2, -0.15) is 0 Å². The highest BCUT2D eigenvalue weighted by Crippen LogP contribution is 2.32. The molecule has 0 aliphatic heterocycles. The van der Waals surface area contributed by atoms with E-state index < -0.39 is 6.04 Å². The molecule has 0 saturated carbocycles. The van der Waals surface area contributed by atoms with Gasteiger partial charge in [-0.05, 0) is 23.8 Å². The quantitative estimate of drug-likeness (QED) is 0.747. The first kappa shape index (κ1) is 20.2. The molecule has 1 unspecified atom stereocenters. The first-order chi connectivity index (χ1) is 11.0. The molecule has 134 valence electrons. The molecule has 0 heterocycles. The first-order valence-electron chi connectivity index (χ1n) is 8.41. The molecular weight excluding hydrogens is 302 g/mol. The van der Waals surface area contributed by atoms with Crippen molar-refractivity contribution in [1.29, 1.82) is 0 Å². The molecule has 0 aliphatic carbocycles. The van der Waals surface area contributed by atoms with Gasteiger partial charge in [0, 0.05) is 0 Å². The highest BCUT2D eigenvalue weighted by Gasteiger charge is 2.28. The van der Waals surface area contributed by atoms with Crippen LogP contribution in [0.4, 0.5) is 0 Å². The zero-order valence-corrected chi connectivity index (χ0v) is 15.6. The van der Waals surface area contributed by atoms with Crippen molar-refractivity contribution in [3.63, 3.8) is 0 Å². The van der Waals surface area contributed by atoms with Crippen molar-refractivity contribution in [3.8, 4) is 0 Å². The second kappa shape index (κ2) is 8.29. The lowest BCUT2D eigenvalue weighted by molar-refractivity contribution is -0.128. The monoisotopic (exact) mass is 333 g/mol. The zero-order valence-electron chi connectivity index (χ0n) is 15.6. The predicted molar refractivity (Wildman–Crippen MR) is 97.3 cm³/mol. The van der Waals surface area contributed by atoms with Crippen LogP contribution in [0, 0.1) is 18.3 Å². The van der Waals surface area contributed by atoms with E-state index in [4.69, 9.17) is 5.73 Å². The third-order valence-corrected chi connectivity index (χ3v) is 3.99. The molecule has 0 aliphatic rings. The lowest BCUT2D eigenvalue weighted by Crippen LogP contribution is -2.48. The largest absolute Gasteiger partial charge is 0.347 e. The van der Waals surface area contributed by atoms with Crippen molar-refractivity contribution in [3.05, 3.63) is 35.4 Å². The SMILES string of the molecule is Cc1cccc(C(NC(=O)CNC(=O)[C@@H](N)C(C)C)C(C)(C)C)c1. The number of carbonyl (C=O) groups excluding carboxylic acids is 2. The molecule has 2 atom stereocenters. The number of nitrogens with one attached hydrogen (secondary N) is 2. The van der Waals surface area contributed by atoms with Gasteiger partial charge in [-0.1, -0.05) is 64.4 Å². The van der Waals surface area contributed by atoms with E-state index in [1.165, 1.54) is 0 Å². The molecule has 1 rings (SSSR count). The van der Waals surface area contributed by atoms with Crippen molar-refractivity contribution in [2.24, 2.45) is 17.1 Å². The van der Waals surface area contributed by atoms with Crippen molar-refractivity contribution in [1.82, 2.24) is 10.6 Å². The van der Waals surface area contributed by atoms with Gasteiger partial charge in [0.25, 0.3) is 0 Å². The van der Waals surface area contributed by atoms with Gasteiger partial charge in [0.05, 0.1) is 18.6 Å². The van der Waals surface area contributed by atoms with Gasteiger partial charge < -0.3 is 16.4 Å². The molecule has 24 heavy (non-hydrogen) atoms. The summed E-state index contributed by atoms with van der Waals surface area (Å²) < 4.78 is 0. The van der Waals surface area contributed by atoms with Crippen LogP contribution < -0.4 is 16.4 Å². The van der Waals surface area contributed by atoms with E-state index in [-0.39, 0.29) is 35.7 Å². The molecule has 0 bridgehead atoms. The van der Waals surface area contributed by atoms with E-state index >= 15 is 0 Å². The lowest BCUT2D eigenvalue weighted by atomic mass is 9.82. The summed E-state index contributed by atoms with van der Waals surface area (Å²) in [4.78, 5) is 24.2. The summed E-state index contributed by atoms with van der Waals surface area (Å²) in [6.45, 7) is 11.9. The fourth-order valence-electron chi connectivity index (χ4n) is 2.45. The molecule has 1 aromatic rings. The van der Waals surface area contributed by atoms with E-state index in [1.54, 1.807) is 0 Å². The summed E-state index contributed by atoms with van der Waals surface area (Å²) >= 11 is 0. The van der Waals surface area contributed by atoms with Crippen LogP contribution in [0.15, 0.2) is 24.3 Å². The third-order valence-electron chi connectivity index (χ3n) is 3.99. The Morgan fingerprint density at radius 3 is 2.33 bits per heavy atom. The van der Waals surface area contributed by atoms with Gasteiger partial charge >= 0.3 is 0 Å². The average Bonchev–Trinajstić information content (AvgIpc) is 2.48. The maximum Gasteiger partial charge on any atom is 0.239 e. The van der Waals surface area contributed by atoms with Gasteiger partial charge in [-0.25, -0.2) is 0 Å². The minimum absolute atomic E-state index is 0.0303. The van der Waals surface area contributed by atoms with Crippen molar-refractivity contribution in [2.75, 3.05) is 6.54 Å². The van der Waals surface area contributed by atoms with Gasteiger partial charge in [0.1, 0.15) is 0 Å². The number of nitrogens with two attached hydrogens (primary N) is 1. The smallest absolute Gasteiger partial charge is 0.239 e. The molecule has 0 saturated heterocycles. The molecule has 0 spiro atoms. The number of aryl methyl sites for hydroxylation is 1. The lowest BCUT2D eigenvalue weighted by Gasteiger charge is -2.32.